The van der Waals surface area contributed by atoms with Crippen molar-refractivity contribution in [2.75, 3.05) is 7.11 Å². The number of nitro benzene ring substituents is 1. The highest BCUT2D eigenvalue weighted by atomic mass is 19.4. The highest BCUT2D eigenvalue weighted by Gasteiger charge is 2.43. The molecule has 0 spiro atoms. The van der Waals surface area contributed by atoms with Crippen LogP contribution in [0.4, 0.5) is 32.0 Å². The van der Waals surface area contributed by atoms with Gasteiger partial charge in [0.1, 0.15) is 16.9 Å². The molecule has 0 N–H and O–H groups in total. The summed E-state index contributed by atoms with van der Waals surface area (Å²) in [6, 6.07) is -0.234. The third-order valence-electron chi connectivity index (χ3n) is 2.13. The van der Waals surface area contributed by atoms with Crippen LogP contribution in [-0.2, 0) is 12.4 Å². The molecule has 0 aliphatic heterocycles. The Morgan fingerprint density at radius 2 is 1.53 bits per heavy atom. The smallest absolute Gasteiger partial charge is 0.423 e. The summed E-state index contributed by atoms with van der Waals surface area (Å²) >= 11 is 0. The molecule has 4 nitrogen and oxygen atoms in total. The molecule has 0 heterocycles. The largest absolute Gasteiger partial charge is 0.496 e. The van der Waals surface area contributed by atoms with Crippen LogP contribution >= 0.6 is 0 Å². The van der Waals surface area contributed by atoms with Crippen molar-refractivity contribution in [3.05, 3.63) is 33.4 Å². The van der Waals surface area contributed by atoms with E-state index in [1.165, 1.54) is 0 Å². The lowest BCUT2D eigenvalue weighted by Gasteiger charge is -2.15. The first-order chi connectivity index (χ1) is 8.48. The maximum Gasteiger partial charge on any atom is 0.423 e. The number of methoxy groups -OCH3 is 1. The molecular weight excluding hydrogens is 284 g/mol. The Kier molecular flexibility index (Phi) is 3.64. The van der Waals surface area contributed by atoms with Gasteiger partial charge in [-0.1, -0.05) is 0 Å². The van der Waals surface area contributed by atoms with Gasteiger partial charge in [-0.05, 0) is 6.07 Å². The van der Waals surface area contributed by atoms with Crippen LogP contribution in [0.25, 0.3) is 0 Å². The van der Waals surface area contributed by atoms with Gasteiger partial charge in [0.2, 0.25) is 0 Å². The van der Waals surface area contributed by atoms with Gasteiger partial charge in [0.25, 0.3) is 5.69 Å². The van der Waals surface area contributed by atoms with Crippen LogP contribution in [0.3, 0.4) is 0 Å². The van der Waals surface area contributed by atoms with Crippen molar-refractivity contribution in [3.8, 4) is 5.75 Å². The van der Waals surface area contributed by atoms with Crippen LogP contribution < -0.4 is 4.74 Å². The van der Waals surface area contributed by atoms with E-state index in [4.69, 9.17) is 0 Å². The highest BCUT2D eigenvalue weighted by Crippen LogP contribution is 2.44. The average molecular weight is 289 g/mol. The van der Waals surface area contributed by atoms with E-state index in [-0.39, 0.29) is 12.1 Å². The summed E-state index contributed by atoms with van der Waals surface area (Å²) in [6.07, 6.45) is -10.2. The second kappa shape index (κ2) is 4.59. The molecule has 0 aliphatic rings. The Hall–Kier alpha value is -2.00. The van der Waals surface area contributed by atoms with E-state index in [1.54, 1.807) is 0 Å². The molecule has 106 valence electrons. The molecule has 0 amide bonds. The molecular formula is C9H5F6NO3. The van der Waals surface area contributed by atoms with Crippen LogP contribution in [0.2, 0.25) is 0 Å². The topological polar surface area (TPSA) is 52.4 Å². The number of benzene rings is 1. The summed E-state index contributed by atoms with van der Waals surface area (Å²) in [7, 11) is 0.733. The summed E-state index contributed by atoms with van der Waals surface area (Å²) in [5.74, 6) is -1.13. The van der Waals surface area contributed by atoms with Crippen LogP contribution in [-0.4, -0.2) is 12.0 Å². The van der Waals surface area contributed by atoms with Crippen molar-refractivity contribution < 1.29 is 36.0 Å². The Bertz CT molecular complexity index is 508. The Labute approximate surface area is 101 Å². The van der Waals surface area contributed by atoms with E-state index in [0.29, 0.717) is 0 Å². The quantitative estimate of drug-likeness (QED) is 0.474. The number of ether oxygens (including phenoxy) is 1. The van der Waals surface area contributed by atoms with Gasteiger partial charge in [-0.15, -0.1) is 0 Å². The van der Waals surface area contributed by atoms with Gasteiger partial charge < -0.3 is 4.74 Å². The number of nitro groups is 1. The lowest BCUT2D eigenvalue weighted by atomic mass is 10.1. The SMILES string of the molecule is COc1cc(C(F)(F)F)c([N+](=O)[O-])cc1C(F)(F)F. The molecule has 1 aromatic rings. The zero-order chi connectivity index (χ0) is 15.0. The van der Waals surface area contributed by atoms with Gasteiger partial charge in [0.05, 0.1) is 12.0 Å². The molecule has 0 saturated heterocycles. The molecule has 0 unspecified atom stereocenters. The van der Waals surface area contributed by atoms with Crippen molar-refractivity contribution in [3.63, 3.8) is 0 Å². The molecule has 0 fully saturated rings. The maximum atomic E-state index is 12.5. The minimum Gasteiger partial charge on any atom is -0.496 e. The first-order valence-electron chi connectivity index (χ1n) is 4.49. The predicted molar refractivity (Wildman–Crippen MR) is 49.7 cm³/mol. The fraction of sp³-hybridized carbons (Fsp3) is 0.333. The minimum atomic E-state index is -5.17. The minimum absolute atomic E-state index is 0.0407. The first-order valence-corrected chi connectivity index (χ1v) is 4.49. The van der Waals surface area contributed by atoms with Gasteiger partial charge in [0.15, 0.2) is 0 Å². The fourth-order valence-electron chi connectivity index (χ4n) is 1.34. The molecule has 19 heavy (non-hydrogen) atoms. The number of hydrogen-bond donors (Lipinski definition) is 0. The lowest BCUT2D eigenvalue weighted by molar-refractivity contribution is -0.388. The molecule has 0 saturated carbocycles. The Morgan fingerprint density at radius 1 is 1.05 bits per heavy atom. The summed E-state index contributed by atoms with van der Waals surface area (Å²) < 4.78 is 79.3. The molecule has 0 radical (unpaired) electrons. The van der Waals surface area contributed by atoms with Gasteiger partial charge >= 0.3 is 12.4 Å². The number of rotatable bonds is 2. The second-order valence-corrected chi connectivity index (χ2v) is 3.32. The highest BCUT2D eigenvalue weighted by molar-refractivity contribution is 5.52. The molecule has 0 bridgehead atoms. The van der Waals surface area contributed by atoms with Crippen molar-refractivity contribution in [2.45, 2.75) is 12.4 Å². The Morgan fingerprint density at radius 3 is 1.84 bits per heavy atom. The van der Waals surface area contributed by atoms with Gasteiger partial charge in [-0.25, -0.2) is 0 Å². The number of alkyl halides is 6. The standard InChI is InChI=1S/C9H5F6NO3/c1-19-7-3-4(8(10,11)12)6(16(17)18)2-5(7)9(13,14)15/h2-3H,1H3. The molecule has 1 rings (SSSR count). The van der Waals surface area contributed by atoms with E-state index >= 15 is 0 Å². The van der Waals surface area contributed by atoms with E-state index in [1.807, 2.05) is 0 Å². The van der Waals surface area contributed by atoms with Crippen LogP contribution in [0.5, 0.6) is 5.75 Å². The fourth-order valence-corrected chi connectivity index (χ4v) is 1.34. The van der Waals surface area contributed by atoms with Crippen molar-refractivity contribution in [1.29, 1.82) is 0 Å². The normalized spacial score (nSPS) is 12.4. The molecule has 1 aromatic carbocycles. The van der Waals surface area contributed by atoms with Crippen LogP contribution in [0.1, 0.15) is 11.1 Å². The van der Waals surface area contributed by atoms with Gasteiger partial charge in [0, 0.05) is 6.07 Å². The summed E-state index contributed by atoms with van der Waals surface area (Å²) in [6.45, 7) is 0. The second-order valence-electron chi connectivity index (χ2n) is 3.32. The summed E-state index contributed by atoms with van der Waals surface area (Å²) in [4.78, 5) is 8.91. The van der Waals surface area contributed by atoms with Crippen molar-refractivity contribution >= 4 is 5.69 Å². The van der Waals surface area contributed by atoms with E-state index < -0.39 is 39.8 Å². The van der Waals surface area contributed by atoms with E-state index in [0.717, 1.165) is 7.11 Å². The maximum absolute atomic E-state index is 12.5. The molecule has 10 heteroatoms. The first kappa shape index (κ1) is 15.1. The van der Waals surface area contributed by atoms with E-state index in [9.17, 15) is 36.5 Å². The number of halogens is 6. The molecule has 0 aliphatic carbocycles. The average Bonchev–Trinajstić information content (AvgIpc) is 2.24. The third kappa shape index (κ3) is 3.06. The molecule has 0 aromatic heterocycles. The Balaban J connectivity index is 3.66. The van der Waals surface area contributed by atoms with Crippen LogP contribution in [0, 0.1) is 10.1 Å². The van der Waals surface area contributed by atoms with Crippen molar-refractivity contribution in [2.24, 2.45) is 0 Å². The lowest BCUT2D eigenvalue weighted by Crippen LogP contribution is -2.14. The molecule has 0 atom stereocenters. The zero-order valence-electron chi connectivity index (χ0n) is 9.09. The van der Waals surface area contributed by atoms with E-state index in [2.05, 4.69) is 4.74 Å². The monoisotopic (exact) mass is 289 g/mol. The van der Waals surface area contributed by atoms with Gasteiger partial charge in [-0.3, -0.25) is 10.1 Å². The summed E-state index contributed by atoms with van der Waals surface area (Å²) in [5.41, 5.74) is -5.13. The van der Waals surface area contributed by atoms with Crippen LogP contribution in [0.15, 0.2) is 12.1 Å². The number of hydrogen-bond acceptors (Lipinski definition) is 3. The zero-order valence-corrected chi connectivity index (χ0v) is 9.09. The summed E-state index contributed by atoms with van der Waals surface area (Å²) in [5, 5.41) is 10.4. The number of nitrogens with zero attached hydrogens (tertiary/aromatic N) is 1. The van der Waals surface area contributed by atoms with Gasteiger partial charge in [-0.2, -0.15) is 26.3 Å². The predicted octanol–water partition coefficient (Wildman–Crippen LogP) is 3.64. The third-order valence-corrected chi connectivity index (χ3v) is 2.13. The van der Waals surface area contributed by atoms with Crippen molar-refractivity contribution in [1.82, 2.24) is 0 Å².